The molecule has 0 aromatic heterocycles. The second kappa shape index (κ2) is 9.43. The van der Waals surface area contributed by atoms with Crippen LogP contribution in [0.4, 0.5) is 0 Å². The summed E-state index contributed by atoms with van der Waals surface area (Å²) in [6, 6.07) is 3.72. The Balaban J connectivity index is 0.00000324. The molecular formula is C14H20LiO3P. The molecule has 0 atom stereocenters. The number of carbonyl (C=O) groups is 1. The van der Waals surface area contributed by atoms with E-state index in [-0.39, 0.29) is 24.6 Å². The average Bonchev–Trinajstić information content (AvgIpc) is 2.37. The number of methoxy groups -OCH3 is 2. The molecule has 0 saturated heterocycles. The van der Waals surface area contributed by atoms with Gasteiger partial charge in [-0.25, -0.2) is 0 Å². The first kappa shape index (κ1) is 18.5. The van der Waals surface area contributed by atoms with Gasteiger partial charge in [-0.05, 0) is 31.0 Å². The van der Waals surface area contributed by atoms with Crippen LogP contribution < -0.4 is 28.3 Å². The molecule has 0 N–H and O–H groups in total. The first-order chi connectivity index (χ1) is 8.63. The van der Waals surface area contributed by atoms with Crippen molar-refractivity contribution in [2.24, 2.45) is 0 Å². The van der Waals surface area contributed by atoms with E-state index in [2.05, 4.69) is 9.24 Å². The van der Waals surface area contributed by atoms with E-state index in [1.54, 1.807) is 14.2 Å². The molecule has 0 saturated carbocycles. The Morgan fingerprint density at radius 2 is 1.68 bits per heavy atom. The molecule has 0 aliphatic carbocycles. The molecule has 5 heteroatoms. The van der Waals surface area contributed by atoms with Crippen molar-refractivity contribution in [2.75, 3.05) is 20.4 Å². The number of Topliss-reactive ketones (excluding diaryl/α,β-unsaturated/α-hetero) is 1. The molecular weight excluding hydrogens is 254 g/mol. The largest absolute Gasteiger partial charge is 1.00 e. The average molecular weight is 274 g/mol. The monoisotopic (exact) mass is 274 g/mol. The van der Waals surface area contributed by atoms with Crippen LogP contribution in [-0.2, 0) is 0 Å². The van der Waals surface area contributed by atoms with Gasteiger partial charge in [0.15, 0.2) is 5.78 Å². The van der Waals surface area contributed by atoms with Crippen molar-refractivity contribution in [3.63, 3.8) is 0 Å². The first-order valence-corrected chi connectivity index (χ1v) is 6.75. The minimum absolute atomic E-state index is 0. The fourth-order valence-corrected chi connectivity index (χ4v) is 2.10. The summed E-state index contributed by atoms with van der Waals surface area (Å²) in [6.45, 7) is 1.95. The van der Waals surface area contributed by atoms with Gasteiger partial charge in [-0.1, -0.05) is 6.42 Å². The summed E-state index contributed by atoms with van der Waals surface area (Å²) in [5, 5.41) is 0. The number of ketones is 1. The maximum atomic E-state index is 12.2. The van der Waals surface area contributed by atoms with E-state index in [1.807, 2.05) is 19.1 Å². The summed E-state index contributed by atoms with van der Waals surface area (Å²) in [7, 11) is 6.55. The molecule has 0 radical (unpaired) electrons. The summed E-state index contributed by atoms with van der Waals surface area (Å²) in [6.07, 6.45) is 3.28. The predicted molar refractivity (Wildman–Crippen MR) is 75.6 cm³/mol. The summed E-state index contributed by atoms with van der Waals surface area (Å²) < 4.78 is 10.6. The van der Waals surface area contributed by atoms with Gasteiger partial charge in [0.2, 0.25) is 0 Å². The van der Waals surface area contributed by atoms with Crippen molar-refractivity contribution in [2.45, 2.75) is 26.2 Å². The molecule has 0 fully saturated rings. The van der Waals surface area contributed by atoms with Gasteiger partial charge < -0.3 is 18.7 Å². The first-order valence-electron chi connectivity index (χ1n) is 6.04. The quantitative estimate of drug-likeness (QED) is 0.314. The topological polar surface area (TPSA) is 35.5 Å². The van der Waals surface area contributed by atoms with Crippen LogP contribution >= 0.6 is 9.24 Å². The maximum Gasteiger partial charge on any atom is 1.00 e. The molecule has 1 aromatic carbocycles. The molecule has 0 amide bonds. The molecule has 1 rings (SSSR count). The summed E-state index contributed by atoms with van der Waals surface area (Å²) in [4.78, 5) is 12.2. The zero-order chi connectivity index (χ0) is 13.5. The Labute approximate surface area is 129 Å². The van der Waals surface area contributed by atoms with E-state index in [0.717, 1.165) is 24.6 Å². The van der Waals surface area contributed by atoms with E-state index in [9.17, 15) is 4.79 Å². The zero-order valence-corrected chi connectivity index (χ0v) is 13.2. The van der Waals surface area contributed by atoms with Gasteiger partial charge in [0.1, 0.15) is 17.1 Å². The van der Waals surface area contributed by atoms with Gasteiger partial charge >= 0.3 is 18.9 Å². The van der Waals surface area contributed by atoms with E-state index < -0.39 is 0 Å². The number of hydrogen-bond donors (Lipinski definition) is 0. The van der Waals surface area contributed by atoms with Gasteiger partial charge in [0.25, 0.3) is 0 Å². The Morgan fingerprint density at radius 3 is 2.11 bits per heavy atom. The standard InChI is InChI=1S/C14H20O3P.Li/c1-10-8-12(16-2)14(13(9-10)17-3)11(15)6-4-5-7-18;/h8-9,18H,4-7H2,1-3H3;/q-1;+1. The Hall–Kier alpha value is -0.483. The van der Waals surface area contributed by atoms with Crippen molar-refractivity contribution in [1.82, 2.24) is 0 Å². The summed E-state index contributed by atoms with van der Waals surface area (Å²) >= 11 is 0. The van der Waals surface area contributed by atoms with E-state index >= 15 is 0 Å². The van der Waals surface area contributed by atoms with Crippen LogP contribution in [0.15, 0.2) is 12.1 Å². The van der Waals surface area contributed by atoms with Gasteiger partial charge in [-0.3, -0.25) is 4.79 Å². The number of ether oxygens (including phenoxy) is 2. The van der Waals surface area contributed by atoms with Crippen LogP contribution in [0.2, 0.25) is 0 Å². The third-order valence-electron chi connectivity index (χ3n) is 2.76. The zero-order valence-electron chi connectivity index (χ0n) is 12.2. The number of hydrogen-bond acceptors (Lipinski definition) is 3. The Kier molecular flexibility index (Phi) is 9.19. The molecule has 19 heavy (non-hydrogen) atoms. The van der Waals surface area contributed by atoms with Crippen molar-refractivity contribution < 1.29 is 33.1 Å². The third-order valence-corrected chi connectivity index (χ3v) is 3.11. The molecule has 0 aliphatic heterocycles. The van der Waals surface area contributed by atoms with Gasteiger partial charge in [-0.15, -0.1) is 0 Å². The van der Waals surface area contributed by atoms with Crippen molar-refractivity contribution in [3.05, 3.63) is 23.3 Å². The fourth-order valence-electron chi connectivity index (χ4n) is 1.85. The maximum absolute atomic E-state index is 12.2. The minimum atomic E-state index is 0. The van der Waals surface area contributed by atoms with Crippen LogP contribution in [0, 0.1) is 6.92 Å². The van der Waals surface area contributed by atoms with Crippen LogP contribution in [0.5, 0.6) is 11.5 Å². The van der Waals surface area contributed by atoms with E-state index in [4.69, 9.17) is 9.47 Å². The fraction of sp³-hybridized carbons (Fsp3) is 0.500. The molecule has 0 heterocycles. The van der Waals surface area contributed by atoms with E-state index in [1.165, 1.54) is 0 Å². The van der Waals surface area contributed by atoms with Crippen molar-refractivity contribution in [3.8, 4) is 11.5 Å². The second-order valence-corrected chi connectivity index (χ2v) is 4.67. The van der Waals surface area contributed by atoms with Crippen molar-refractivity contribution in [1.29, 1.82) is 0 Å². The number of unbranched alkanes of at least 4 members (excludes halogenated alkanes) is 1. The van der Waals surface area contributed by atoms with Crippen molar-refractivity contribution >= 4 is 15.0 Å². The molecule has 3 nitrogen and oxygen atoms in total. The molecule has 0 spiro atoms. The van der Waals surface area contributed by atoms with Crippen LogP contribution in [0.1, 0.15) is 35.2 Å². The molecule has 0 unspecified atom stereocenters. The smallest absolute Gasteiger partial charge is 0.558 e. The number of carbonyl (C=O) groups excluding carboxylic acids is 1. The predicted octanol–water partition coefficient (Wildman–Crippen LogP) is 0.512. The number of benzene rings is 1. The molecule has 0 aliphatic rings. The molecule has 0 bridgehead atoms. The van der Waals surface area contributed by atoms with Gasteiger partial charge in [0.05, 0.1) is 14.2 Å². The van der Waals surface area contributed by atoms with Crippen LogP contribution in [-0.4, -0.2) is 26.2 Å². The van der Waals surface area contributed by atoms with Gasteiger partial charge in [0, 0.05) is 6.42 Å². The summed E-state index contributed by atoms with van der Waals surface area (Å²) in [5.74, 6) is 1.26. The molecule has 100 valence electrons. The number of rotatable bonds is 7. The Morgan fingerprint density at radius 1 is 1.16 bits per heavy atom. The summed E-state index contributed by atoms with van der Waals surface area (Å²) in [5.41, 5.74) is 1.57. The van der Waals surface area contributed by atoms with E-state index in [0.29, 0.717) is 23.5 Å². The second-order valence-electron chi connectivity index (χ2n) is 4.17. The van der Waals surface area contributed by atoms with Crippen LogP contribution in [0.3, 0.4) is 0 Å². The normalized spacial score (nSPS) is 9.68. The van der Waals surface area contributed by atoms with Gasteiger partial charge in [-0.2, -0.15) is 6.16 Å². The third kappa shape index (κ3) is 5.19. The SMILES string of the molecule is COc1cc(C)cc(OC)c1C(=O)CCCC[PH-].[Li+]. The molecule has 1 aromatic rings. The number of aryl methyl sites for hydroxylation is 1. The van der Waals surface area contributed by atoms with Crippen LogP contribution in [0.25, 0.3) is 0 Å². The minimum Gasteiger partial charge on any atom is -0.558 e. The Bertz CT molecular complexity index is 396.